The predicted octanol–water partition coefficient (Wildman–Crippen LogP) is 4.04. The lowest BCUT2D eigenvalue weighted by atomic mass is 10.1. The van der Waals surface area contributed by atoms with Crippen LogP contribution in [0.2, 0.25) is 0 Å². The lowest BCUT2D eigenvalue weighted by molar-refractivity contribution is -0.122. The molecule has 1 aliphatic rings. The van der Waals surface area contributed by atoms with Crippen molar-refractivity contribution < 1.29 is 19.1 Å². The van der Waals surface area contributed by atoms with E-state index in [2.05, 4.69) is 49.8 Å². The van der Waals surface area contributed by atoms with Gasteiger partial charge in [0, 0.05) is 4.47 Å². The monoisotopic (exact) mass is 564 g/mol. The van der Waals surface area contributed by atoms with Crippen LogP contribution in [0.1, 0.15) is 11.1 Å². The molecule has 0 atom stereocenters. The predicted molar refractivity (Wildman–Crippen MR) is 121 cm³/mol. The van der Waals surface area contributed by atoms with Gasteiger partial charge in [-0.3, -0.25) is 14.9 Å². The highest BCUT2D eigenvalue weighted by Crippen LogP contribution is 2.27. The van der Waals surface area contributed by atoms with Crippen LogP contribution in [0.15, 0.2) is 46.4 Å². The number of carbonyl (C=O) groups is 3. The van der Waals surface area contributed by atoms with E-state index in [0.717, 1.165) is 18.5 Å². The van der Waals surface area contributed by atoms with Gasteiger partial charge in [-0.1, -0.05) is 27.9 Å². The van der Waals surface area contributed by atoms with E-state index in [1.165, 1.54) is 6.08 Å². The van der Waals surface area contributed by atoms with Crippen LogP contribution in [0.3, 0.4) is 0 Å². The van der Waals surface area contributed by atoms with Gasteiger partial charge in [0.15, 0.2) is 0 Å². The highest BCUT2D eigenvalue weighted by Gasteiger charge is 2.36. The average Bonchev–Trinajstić information content (AvgIpc) is 2.67. The molecule has 1 fully saturated rings. The first-order chi connectivity index (χ1) is 13.8. The number of ether oxygens (including phenoxy) is 1. The van der Waals surface area contributed by atoms with Crippen LogP contribution < -0.4 is 15.0 Å². The third-order valence-electron chi connectivity index (χ3n) is 4.08. The normalized spacial score (nSPS) is 15.3. The van der Waals surface area contributed by atoms with E-state index in [0.29, 0.717) is 17.0 Å². The summed E-state index contributed by atoms with van der Waals surface area (Å²) in [5, 5.41) is 2.22. The molecule has 2 aromatic carbocycles. The number of urea groups is 1. The van der Waals surface area contributed by atoms with E-state index >= 15 is 0 Å². The summed E-state index contributed by atoms with van der Waals surface area (Å²) in [5.41, 5.74) is 1.70. The maximum absolute atomic E-state index is 13.0. The highest BCUT2D eigenvalue weighted by molar-refractivity contribution is 14.1. The zero-order chi connectivity index (χ0) is 21.1. The largest absolute Gasteiger partial charge is 0.480 e. The molecule has 0 aliphatic carbocycles. The van der Waals surface area contributed by atoms with Crippen LogP contribution in [-0.2, 0) is 9.59 Å². The van der Waals surface area contributed by atoms with Gasteiger partial charge in [0.2, 0.25) is 0 Å². The summed E-state index contributed by atoms with van der Waals surface area (Å²) in [7, 11) is 0. The number of benzene rings is 2. The Bertz CT molecular complexity index is 1100. The van der Waals surface area contributed by atoms with Crippen molar-refractivity contribution in [3.8, 4) is 18.1 Å². The Morgan fingerprint density at radius 1 is 1.24 bits per heavy atom. The first-order valence-corrected chi connectivity index (χ1v) is 10.2. The van der Waals surface area contributed by atoms with Crippen molar-refractivity contribution in [2.24, 2.45) is 0 Å². The smallest absolute Gasteiger partial charge is 0.335 e. The Morgan fingerprint density at radius 2 is 2.00 bits per heavy atom. The van der Waals surface area contributed by atoms with E-state index in [9.17, 15) is 14.4 Å². The van der Waals surface area contributed by atoms with E-state index in [4.69, 9.17) is 11.2 Å². The molecule has 1 N–H and O–H groups in total. The second kappa shape index (κ2) is 8.80. The van der Waals surface area contributed by atoms with Crippen LogP contribution in [0.4, 0.5) is 10.5 Å². The maximum atomic E-state index is 13.0. The van der Waals surface area contributed by atoms with Gasteiger partial charge in [-0.15, -0.1) is 6.42 Å². The van der Waals surface area contributed by atoms with Gasteiger partial charge in [0.1, 0.15) is 17.9 Å². The number of rotatable bonds is 4. The van der Waals surface area contributed by atoms with Crippen molar-refractivity contribution in [2.45, 2.75) is 6.92 Å². The lowest BCUT2D eigenvalue weighted by Crippen LogP contribution is -2.54. The number of aryl methyl sites for hydroxylation is 1. The van der Waals surface area contributed by atoms with Crippen molar-refractivity contribution in [3.63, 3.8) is 0 Å². The summed E-state index contributed by atoms with van der Waals surface area (Å²) in [6, 6.07) is 9.43. The zero-order valence-electron chi connectivity index (χ0n) is 15.2. The fourth-order valence-electron chi connectivity index (χ4n) is 2.67. The van der Waals surface area contributed by atoms with Crippen LogP contribution in [-0.4, -0.2) is 24.5 Å². The van der Waals surface area contributed by atoms with Crippen molar-refractivity contribution in [1.29, 1.82) is 0 Å². The number of amides is 4. The number of imide groups is 2. The number of halogens is 2. The summed E-state index contributed by atoms with van der Waals surface area (Å²) < 4.78 is 7.03. The molecule has 3 rings (SSSR count). The molecular weight excluding hydrogens is 551 g/mol. The summed E-state index contributed by atoms with van der Waals surface area (Å²) in [6.45, 7) is 1.98. The van der Waals surface area contributed by atoms with E-state index in [1.54, 1.807) is 36.4 Å². The van der Waals surface area contributed by atoms with Gasteiger partial charge in [-0.05, 0) is 77.0 Å². The molecule has 1 heterocycles. The molecule has 2 aromatic rings. The van der Waals surface area contributed by atoms with Gasteiger partial charge < -0.3 is 4.74 Å². The van der Waals surface area contributed by atoms with E-state index in [1.807, 2.05) is 6.92 Å². The van der Waals surface area contributed by atoms with Crippen LogP contribution >= 0.6 is 38.5 Å². The fourth-order valence-corrected chi connectivity index (χ4v) is 3.61. The van der Waals surface area contributed by atoms with Crippen molar-refractivity contribution in [2.75, 3.05) is 11.5 Å². The lowest BCUT2D eigenvalue weighted by Gasteiger charge is -2.26. The third kappa shape index (κ3) is 4.52. The summed E-state index contributed by atoms with van der Waals surface area (Å²) in [4.78, 5) is 38.5. The molecule has 4 amide bonds. The Hall–Kier alpha value is -2.64. The number of terminal acetylenes is 1. The SMILES string of the molecule is C#CCOc1ccc(/C=C2\C(=O)NC(=O)N(c3ccc(Br)c(C)c3)C2=O)cc1I. The number of carbonyl (C=O) groups excluding carboxylic acids is 3. The van der Waals surface area contributed by atoms with Crippen molar-refractivity contribution in [1.82, 2.24) is 5.32 Å². The van der Waals surface area contributed by atoms with Gasteiger partial charge in [-0.2, -0.15) is 0 Å². The first kappa shape index (κ1) is 21.1. The molecule has 1 aliphatic heterocycles. The van der Waals surface area contributed by atoms with E-state index in [-0.39, 0.29) is 12.2 Å². The molecule has 0 saturated carbocycles. The highest BCUT2D eigenvalue weighted by atomic mass is 127. The Balaban J connectivity index is 1.96. The second-order valence-electron chi connectivity index (χ2n) is 6.07. The minimum atomic E-state index is -0.786. The number of nitrogens with zero attached hydrogens (tertiary/aromatic N) is 1. The molecule has 8 heteroatoms. The van der Waals surface area contributed by atoms with Crippen molar-refractivity contribution >= 4 is 68.1 Å². The number of nitrogens with one attached hydrogen (secondary N) is 1. The van der Waals surface area contributed by atoms with Gasteiger partial charge in [0.05, 0.1) is 9.26 Å². The standard InChI is InChI=1S/C21H14BrIN2O4/c1-3-8-29-18-7-4-13(11-17(18)23)10-15-19(26)24-21(28)25(20(15)27)14-5-6-16(22)12(2)9-14/h1,4-7,9-11H,8H2,2H3,(H,24,26,28)/b15-10+. The Kier molecular flexibility index (Phi) is 6.39. The summed E-state index contributed by atoms with van der Waals surface area (Å²) >= 11 is 5.46. The second-order valence-corrected chi connectivity index (χ2v) is 8.09. The van der Waals surface area contributed by atoms with Gasteiger partial charge in [-0.25, -0.2) is 9.69 Å². The van der Waals surface area contributed by atoms with Crippen molar-refractivity contribution in [3.05, 3.63) is 61.1 Å². The number of anilines is 1. The third-order valence-corrected chi connectivity index (χ3v) is 5.81. The molecule has 0 aromatic heterocycles. The molecule has 0 unspecified atom stereocenters. The quantitative estimate of drug-likeness (QED) is 0.263. The van der Waals surface area contributed by atoms with Crippen LogP contribution in [0, 0.1) is 22.8 Å². The summed E-state index contributed by atoms with van der Waals surface area (Å²) in [5.74, 6) is 1.56. The molecule has 0 spiro atoms. The average molecular weight is 565 g/mol. The molecule has 6 nitrogen and oxygen atoms in total. The molecule has 1 saturated heterocycles. The number of barbiturate groups is 1. The minimum Gasteiger partial charge on any atom is -0.480 e. The topological polar surface area (TPSA) is 75.7 Å². The van der Waals surface area contributed by atoms with Crippen LogP contribution in [0.25, 0.3) is 6.08 Å². The maximum Gasteiger partial charge on any atom is 0.335 e. The number of hydrogen-bond acceptors (Lipinski definition) is 4. The Labute approximate surface area is 189 Å². The number of hydrogen-bond donors (Lipinski definition) is 1. The zero-order valence-corrected chi connectivity index (χ0v) is 18.9. The minimum absolute atomic E-state index is 0.140. The van der Waals surface area contributed by atoms with Gasteiger partial charge in [0.25, 0.3) is 11.8 Å². The molecular formula is C21H14BrIN2O4. The molecule has 0 radical (unpaired) electrons. The first-order valence-electron chi connectivity index (χ1n) is 8.35. The molecule has 146 valence electrons. The fraction of sp³-hybridized carbons (Fsp3) is 0.0952. The van der Waals surface area contributed by atoms with E-state index < -0.39 is 17.8 Å². The van der Waals surface area contributed by atoms with Crippen LogP contribution in [0.5, 0.6) is 5.75 Å². The van der Waals surface area contributed by atoms with Gasteiger partial charge >= 0.3 is 6.03 Å². The molecule has 29 heavy (non-hydrogen) atoms. The summed E-state index contributed by atoms with van der Waals surface area (Å²) in [6.07, 6.45) is 6.64. The molecule has 0 bridgehead atoms. The Morgan fingerprint density at radius 3 is 2.66 bits per heavy atom.